The van der Waals surface area contributed by atoms with Crippen LogP contribution in [-0.2, 0) is 0 Å². The second-order valence-electron chi connectivity index (χ2n) is 15.8. The number of fused-ring (bicyclic) bond motifs is 12. The maximum absolute atomic E-state index is 6.74. The van der Waals surface area contributed by atoms with Crippen molar-refractivity contribution in [3.63, 3.8) is 0 Å². The minimum atomic E-state index is -0.0874. The molecule has 280 valence electrons. The smallest absolute Gasteiger partial charge is 0.167 e. The Kier molecular flexibility index (Phi) is 7.07. The fourth-order valence-corrected chi connectivity index (χ4v) is 9.79. The van der Waals surface area contributed by atoms with Gasteiger partial charge in [-0.05, 0) is 79.2 Å². The Balaban J connectivity index is 1.04. The molecule has 0 saturated carbocycles. The summed E-state index contributed by atoms with van der Waals surface area (Å²) in [7, 11) is 0. The highest BCUT2D eigenvalue weighted by Crippen LogP contribution is 2.52. The molecule has 3 heterocycles. The van der Waals surface area contributed by atoms with Crippen LogP contribution in [0.25, 0.3) is 105 Å². The Morgan fingerprint density at radius 1 is 0.417 bits per heavy atom. The van der Waals surface area contributed by atoms with E-state index in [1.165, 1.54) is 27.5 Å². The van der Waals surface area contributed by atoms with E-state index in [2.05, 4.69) is 170 Å². The fraction of sp³-hybridized carbons (Fsp3) is 0.0364. The van der Waals surface area contributed by atoms with Gasteiger partial charge >= 0.3 is 0 Å². The first-order valence-electron chi connectivity index (χ1n) is 20.4. The standard InChI is InChI=1S/C55H33N3O2/c1-4-16-35-32(13-1)27-28-45-50-42(22-12-26-49(50)60-51(35)45)40-29-30-44(38-19-7-6-18-37(38)40)53-56-54(46-24-11-23-43-41-21-9-10-25-48(41)59-52(43)46)58-55(57-53)47-31-33-14-2-3-15-34(33)36-17-5-8-20-39(36)47/h1-31,49-50H. The van der Waals surface area contributed by atoms with Crippen molar-refractivity contribution in [3.05, 3.63) is 199 Å². The molecule has 0 radical (unpaired) electrons. The van der Waals surface area contributed by atoms with Gasteiger partial charge in [0.15, 0.2) is 17.5 Å². The molecule has 0 saturated heterocycles. The molecule has 11 aromatic rings. The molecular formula is C55H33N3O2. The van der Waals surface area contributed by atoms with E-state index in [-0.39, 0.29) is 12.0 Å². The molecule has 5 heteroatoms. The zero-order chi connectivity index (χ0) is 39.3. The second-order valence-corrected chi connectivity index (χ2v) is 15.8. The average Bonchev–Trinajstić information content (AvgIpc) is 3.90. The van der Waals surface area contributed by atoms with Gasteiger partial charge in [-0.2, -0.15) is 0 Å². The van der Waals surface area contributed by atoms with Crippen LogP contribution in [-0.4, -0.2) is 21.1 Å². The lowest BCUT2D eigenvalue weighted by Gasteiger charge is -2.24. The minimum absolute atomic E-state index is 0.0599. The minimum Gasteiger partial charge on any atom is -0.484 e. The summed E-state index contributed by atoms with van der Waals surface area (Å²) in [4.78, 5) is 16.0. The van der Waals surface area contributed by atoms with Crippen molar-refractivity contribution in [2.45, 2.75) is 12.0 Å². The summed E-state index contributed by atoms with van der Waals surface area (Å²) < 4.78 is 13.3. The molecule has 2 atom stereocenters. The van der Waals surface area contributed by atoms with Crippen LogP contribution >= 0.6 is 0 Å². The van der Waals surface area contributed by atoms with E-state index in [1.807, 2.05) is 18.2 Å². The number of hydrogen-bond donors (Lipinski definition) is 0. The van der Waals surface area contributed by atoms with Gasteiger partial charge in [0.2, 0.25) is 0 Å². The highest BCUT2D eigenvalue weighted by molar-refractivity contribution is 6.14. The maximum atomic E-state index is 6.74. The van der Waals surface area contributed by atoms with Crippen molar-refractivity contribution < 1.29 is 9.15 Å². The third-order valence-corrected chi connectivity index (χ3v) is 12.5. The van der Waals surface area contributed by atoms with Gasteiger partial charge in [0.25, 0.3) is 0 Å². The van der Waals surface area contributed by atoms with E-state index in [0.29, 0.717) is 17.5 Å². The summed E-state index contributed by atoms with van der Waals surface area (Å²) in [6, 6.07) is 59.6. The summed E-state index contributed by atoms with van der Waals surface area (Å²) in [6.45, 7) is 0. The van der Waals surface area contributed by atoms with Crippen LogP contribution in [0.2, 0.25) is 0 Å². The lowest BCUT2D eigenvalue weighted by atomic mass is 9.79. The van der Waals surface area contributed by atoms with Gasteiger partial charge in [-0.3, -0.25) is 0 Å². The molecule has 2 unspecified atom stereocenters. The highest BCUT2D eigenvalue weighted by Gasteiger charge is 2.38. The number of aromatic nitrogens is 3. The first kappa shape index (κ1) is 33.1. The van der Waals surface area contributed by atoms with Crippen molar-refractivity contribution in [2.24, 2.45) is 0 Å². The predicted molar refractivity (Wildman–Crippen MR) is 244 cm³/mol. The predicted octanol–water partition coefficient (Wildman–Crippen LogP) is 13.9. The lowest BCUT2D eigenvalue weighted by Crippen LogP contribution is -2.19. The third-order valence-electron chi connectivity index (χ3n) is 12.5. The molecule has 0 fully saturated rings. The van der Waals surface area contributed by atoms with Crippen molar-refractivity contribution >= 4 is 70.6 Å². The summed E-state index contributed by atoms with van der Waals surface area (Å²) in [5.74, 6) is 2.80. The summed E-state index contributed by atoms with van der Waals surface area (Å²) in [5.41, 5.74) is 7.89. The molecule has 2 aromatic heterocycles. The van der Waals surface area contributed by atoms with Gasteiger partial charge in [-0.1, -0.05) is 158 Å². The molecule has 0 spiro atoms. The Labute approximate surface area is 344 Å². The normalized spacial score (nSPS) is 15.8. The quantitative estimate of drug-likeness (QED) is 0.167. The van der Waals surface area contributed by atoms with Gasteiger partial charge in [0.05, 0.1) is 11.5 Å². The molecule has 2 aliphatic rings. The van der Waals surface area contributed by atoms with Gasteiger partial charge in [0, 0.05) is 32.8 Å². The number of nitrogens with zero attached hydrogens (tertiary/aromatic N) is 3. The molecule has 60 heavy (non-hydrogen) atoms. The second kappa shape index (κ2) is 12.8. The van der Waals surface area contributed by atoms with E-state index in [0.717, 1.165) is 76.7 Å². The summed E-state index contributed by atoms with van der Waals surface area (Å²) >= 11 is 0. The van der Waals surface area contributed by atoms with Gasteiger partial charge < -0.3 is 9.15 Å². The van der Waals surface area contributed by atoms with Crippen molar-refractivity contribution in [1.29, 1.82) is 0 Å². The van der Waals surface area contributed by atoms with Crippen LogP contribution in [0.1, 0.15) is 17.0 Å². The molecule has 13 rings (SSSR count). The number of benzene rings is 9. The van der Waals surface area contributed by atoms with Gasteiger partial charge in [0.1, 0.15) is 23.0 Å². The van der Waals surface area contributed by atoms with Crippen LogP contribution in [0, 0.1) is 0 Å². The number of rotatable bonds is 4. The lowest BCUT2D eigenvalue weighted by molar-refractivity contribution is 0.274. The van der Waals surface area contributed by atoms with Crippen LogP contribution in [0.15, 0.2) is 193 Å². The topological polar surface area (TPSA) is 61.0 Å². The third kappa shape index (κ3) is 4.90. The largest absolute Gasteiger partial charge is 0.484 e. The number of furan rings is 1. The zero-order valence-corrected chi connectivity index (χ0v) is 32.2. The Bertz CT molecular complexity index is 3670. The van der Waals surface area contributed by atoms with Crippen LogP contribution in [0.4, 0.5) is 0 Å². The molecule has 5 nitrogen and oxygen atoms in total. The molecule has 0 N–H and O–H groups in total. The van der Waals surface area contributed by atoms with E-state index in [9.17, 15) is 0 Å². The van der Waals surface area contributed by atoms with E-state index < -0.39 is 0 Å². The van der Waals surface area contributed by atoms with Crippen molar-refractivity contribution in [2.75, 3.05) is 0 Å². The molecule has 9 aromatic carbocycles. The average molecular weight is 768 g/mol. The monoisotopic (exact) mass is 767 g/mol. The first-order chi connectivity index (χ1) is 29.7. The van der Waals surface area contributed by atoms with Crippen LogP contribution < -0.4 is 4.74 Å². The van der Waals surface area contributed by atoms with Crippen molar-refractivity contribution in [3.8, 4) is 39.9 Å². The Morgan fingerprint density at radius 2 is 1.02 bits per heavy atom. The van der Waals surface area contributed by atoms with Crippen LogP contribution in [0.3, 0.4) is 0 Å². The number of ether oxygens (including phenoxy) is 1. The fourth-order valence-electron chi connectivity index (χ4n) is 9.79. The highest BCUT2D eigenvalue weighted by atomic mass is 16.5. The molecule has 1 aliphatic heterocycles. The van der Waals surface area contributed by atoms with Gasteiger partial charge in [-0.25, -0.2) is 15.0 Å². The number of allylic oxidation sites excluding steroid dienone is 2. The first-order valence-corrected chi connectivity index (χ1v) is 20.4. The van der Waals surface area contributed by atoms with E-state index >= 15 is 0 Å². The Hall–Kier alpha value is -7.89. The van der Waals surface area contributed by atoms with E-state index in [4.69, 9.17) is 24.1 Å². The van der Waals surface area contributed by atoms with Crippen molar-refractivity contribution in [1.82, 2.24) is 15.0 Å². The van der Waals surface area contributed by atoms with Crippen LogP contribution in [0.5, 0.6) is 5.75 Å². The summed E-state index contributed by atoms with van der Waals surface area (Å²) in [5, 5.41) is 11.2. The maximum Gasteiger partial charge on any atom is 0.167 e. The SMILES string of the molecule is C1=CC2Oc3c(ccc4ccccc34)C2C(c2ccc(-c3nc(-c4cc5ccccc5c5ccccc45)nc(-c4cccc5c4oc4ccccc45)n3)c3ccccc23)=C1. The molecule has 1 aliphatic carbocycles. The molecular weight excluding hydrogens is 735 g/mol. The molecule has 0 bridgehead atoms. The number of para-hydroxylation sites is 2. The summed E-state index contributed by atoms with van der Waals surface area (Å²) in [6.07, 6.45) is 6.50. The molecule has 0 amide bonds. The van der Waals surface area contributed by atoms with E-state index in [1.54, 1.807) is 0 Å². The van der Waals surface area contributed by atoms with Gasteiger partial charge in [-0.15, -0.1) is 0 Å². The Morgan fingerprint density at radius 3 is 1.83 bits per heavy atom. The zero-order valence-electron chi connectivity index (χ0n) is 32.2. The number of hydrogen-bond acceptors (Lipinski definition) is 5.